The molecule has 1 rings (SSSR count). The number of anilines is 1. The summed E-state index contributed by atoms with van der Waals surface area (Å²) in [6.45, 7) is 0. The molecule has 1 aromatic rings. The maximum Gasteiger partial charge on any atom is 0.342 e. The van der Waals surface area contributed by atoms with Gasteiger partial charge in [0.2, 0.25) is 5.95 Å². The molecule has 0 radical (unpaired) electrons. The zero-order valence-electron chi connectivity index (χ0n) is 6.67. The molecular weight excluding hydrogens is 201 g/mol. The Morgan fingerprint density at radius 2 is 2.14 bits per heavy atom. The number of carbonyl (C=O) groups is 1. The van der Waals surface area contributed by atoms with E-state index in [9.17, 15) is 18.0 Å². The summed E-state index contributed by atoms with van der Waals surface area (Å²) in [5.41, 5.74) is 2.44. The van der Waals surface area contributed by atoms with E-state index in [1.165, 1.54) is 0 Å². The average molecular weight is 206 g/mol. The summed E-state index contributed by atoms with van der Waals surface area (Å²) in [7, 11) is 0. The van der Waals surface area contributed by atoms with Crippen molar-refractivity contribution in [2.75, 3.05) is 5.73 Å². The van der Waals surface area contributed by atoms with Crippen LogP contribution in [0, 0.1) is 5.95 Å². The third-order valence-corrected chi connectivity index (χ3v) is 1.55. The van der Waals surface area contributed by atoms with Crippen molar-refractivity contribution in [3.8, 4) is 0 Å². The zero-order chi connectivity index (χ0) is 10.9. The van der Waals surface area contributed by atoms with Gasteiger partial charge in [-0.15, -0.1) is 0 Å². The minimum Gasteiger partial charge on any atom is -0.477 e. The molecule has 0 spiro atoms. The van der Waals surface area contributed by atoms with Crippen LogP contribution in [-0.4, -0.2) is 16.1 Å². The van der Waals surface area contributed by atoms with E-state index >= 15 is 0 Å². The number of rotatable bonds is 2. The molecule has 7 heteroatoms. The fourth-order valence-corrected chi connectivity index (χ4v) is 0.893. The van der Waals surface area contributed by atoms with Gasteiger partial charge < -0.3 is 10.8 Å². The maximum atomic E-state index is 12.7. The number of aromatic nitrogens is 1. The van der Waals surface area contributed by atoms with Crippen molar-refractivity contribution in [3.05, 3.63) is 23.3 Å². The van der Waals surface area contributed by atoms with Gasteiger partial charge in [0.1, 0.15) is 5.56 Å². The van der Waals surface area contributed by atoms with E-state index in [0.717, 1.165) is 0 Å². The molecule has 76 valence electrons. The highest BCUT2D eigenvalue weighted by molar-refractivity contribution is 5.94. The van der Waals surface area contributed by atoms with Crippen LogP contribution in [0.15, 0.2) is 6.20 Å². The highest BCUT2D eigenvalue weighted by Gasteiger charge is 2.22. The molecule has 0 atom stereocenters. The number of nitrogen functional groups attached to an aromatic ring is 1. The highest BCUT2D eigenvalue weighted by Crippen LogP contribution is 2.27. The van der Waals surface area contributed by atoms with E-state index < -0.39 is 35.2 Å². The number of alkyl halides is 2. The molecule has 0 unspecified atom stereocenters. The van der Waals surface area contributed by atoms with Gasteiger partial charge in [-0.25, -0.2) is 18.6 Å². The molecule has 0 fully saturated rings. The van der Waals surface area contributed by atoms with Gasteiger partial charge in [-0.3, -0.25) is 0 Å². The Morgan fingerprint density at radius 1 is 1.57 bits per heavy atom. The SMILES string of the molecule is Nc1c(C(F)F)cnc(F)c1C(=O)O. The molecule has 0 aliphatic rings. The first-order valence-corrected chi connectivity index (χ1v) is 3.40. The van der Waals surface area contributed by atoms with Gasteiger partial charge >= 0.3 is 5.97 Å². The number of halogens is 3. The normalized spacial score (nSPS) is 10.6. The van der Waals surface area contributed by atoms with Crippen molar-refractivity contribution < 1.29 is 23.1 Å². The summed E-state index contributed by atoms with van der Waals surface area (Å²) < 4.78 is 37.1. The molecular formula is C7H5F3N2O2. The van der Waals surface area contributed by atoms with Gasteiger partial charge in [-0.1, -0.05) is 0 Å². The predicted octanol–water partition coefficient (Wildman–Crippen LogP) is 1.44. The molecule has 0 saturated carbocycles. The Kier molecular flexibility index (Phi) is 2.59. The maximum absolute atomic E-state index is 12.7. The minimum absolute atomic E-state index is 0.516. The van der Waals surface area contributed by atoms with Crippen molar-refractivity contribution in [3.63, 3.8) is 0 Å². The lowest BCUT2D eigenvalue weighted by molar-refractivity contribution is 0.0691. The van der Waals surface area contributed by atoms with E-state index in [2.05, 4.69) is 4.98 Å². The van der Waals surface area contributed by atoms with Gasteiger partial charge in [-0.2, -0.15) is 4.39 Å². The van der Waals surface area contributed by atoms with Crippen molar-refractivity contribution in [2.24, 2.45) is 0 Å². The van der Waals surface area contributed by atoms with E-state index in [-0.39, 0.29) is 0 Å². The molecule has 14 heavy (non-hydrogen) atoms. The molecule has 0 aliphatic carbocycles. The number of hydrogen-bond donors (Lipinski definition) is 2. The number of nitrogens with zero attached hydrogens (tertiary/aromatic N) is 1. The smallest absolute Gasteiger partial charge is 0.342 e. The molecule has 1 aromatic heterocycles. The van der Waals surface area contributed by atoms with Crippen molar-refractivity contribution in [2.45, 2.75) is 6.43 Å². The number of aromatic carboxylic acids is 1. The van der Waals surface area contributed by atoms with E-state index in [4.69, 9.17) is 10.8 Å². The second-order valence-corrected chi connectivity index (χ2v) is 2.40. The lowest BCUT2D eigenvalue weighted by atomic mass is 10.1. The average Bonchev–Trinajstić information content (AvgIpc) is 2.02. The molecule has 0 aromatic carbocycles. The van der Waals surface area contributed by atoms with Crippen LogP contribution in [-0.2, 0) is 0 Å². The number of hydrogen-bond acceptors (Lipinski definition) is 3. The highest BCUT2D eigenvalue weighted by atomic mass is 19.3. The third-order valence-electron chi connectivity index (χ3n) is 1.55. The van der Waals surface area contributed by atoms with E-state index in [1.807, 2.05) is 0 Å². The molecule has 1 heterocycles. The Bertz CT molecular complexity index is 381. The van der Waals surface area contributed by atoms with Crippen LogP contribution in [0.1, 0.15) is 22.3 Å². The monoisotopic (exact) mass is 206 g/mol. The number of nitrogens with two attached hydrogens (primary N) is 1. The zero-order valence-corrected chi connectivity index (χ0v) is 6.67. The number of carboxylic acid groups (broad SMARTS) is 1. The molecule has 0 aliphatic heterocycles. The second-order valence-electron chi connectivity index (χ2n) is 2.40. The molecule has 4 nitrogen and oxygen atoms in total. The largest absolute Gasteiger partial charge is 0.477 e. The van der Waals surface area contributed by atoms with Crippen LogP contribution in [0.25, 0.3) is 0 Å². The summed E-state index contributed by atoms with van der Waals surface area (Å²) in [5, 5.41) is 8.45. The first kappa shape index (κ1) is 10.3. The number of pyridine rings is 1. The van der Waals surface area contributed by atoms with Crippen LogP contribution in [0.4, 0.5) is 18.9 Å². The standard InChI is InChI=1S/C7H5F3N2O2/c8-5(9)2-1-12-6(10)3(4(2)11)7(13)14/h1,5H,(H2,11,12)(H,13,14). The molecule has 0 bridgehead atoms. The Morgan fingerprint density at radius 3 is 2.57 bits per heavy atom. The van der Waals surface area contributed by atoms with Crippen molar-refractivity contribution >= 4 is 11.7 Å². The first-order chi connectivity index (χ1) is 6.45. The molecule has 0 amide bonds. The summed E-state index contributed by atoms with van der Waals surface area (Å²) in [6, 6.07) is 0. The van der Waals surface area contributed by atoms with Crippen LogP contribution in [0.5, 0.6) is 0 Å². The minimum atomic E-state index is -2.99. The van der Waals surface area contributed by atoms with Gasteiger partial charge in [-0.05, 0) is 0 Å². The summed E-state index contributed by atoms with van der Waals surface area (Å²) in [6.07, 6.45) is -2.47. The molecule has 3 N–H and O–H groups in total. The van der Waals surface area contributed by atoms with Crippen molar-refractivity contribution in [1.82, 2.24) is 4.98 Å². The van der Waals surface area contributed by atoms with Crippen LogP contribution in [0.3, 0.4) is 0 Å². The Hall–Kier alpha value is -1.79. The Balaban J connectivity index is 3.41. The van der Waals surface area contributed by atoms with Crippen LogP contribution in [0.2, 0.25) is 0 Å². The first-order valence-electron chi connectivity index (χ1n) is 3.40. The lowest BCUT2D eigenvalue weighted by Crippen LogP contribution is -2.10. The fourth-order valence-electron chi connectivity index (χ4n) is 0.893. The van der Waals surface area contributed by atoms with Gasteiger partial charge in [0.05, 0.1) is 11.3 Å². The van der Waals surface area contributed by atoms with Gasteiger partial charge in [0.15, 0.2) is 0 Å². The predicted molar refractivity (Wildman–Crippen MR) is 40.5 cm³/mol. The lowest BCUT2D eigenvalue weighted by Gasteiger charge is -2.06. The quantitative estimate of drug-likeness (QED) is 0.717. The summed E-state index contributed by atoms with van der Waals surface area (Å²) in [4.78, 5) is 13.3. The van der Waals surface area contributed by atoms with Crippen LogP contribution < -0.4 is 5.73 Å². The second kappa shape index (κ2) is 3.52. The van der Waals surface area contributed by atoms with Crippen molar-refractivity contribution in [1.29, 1.82) is 0 Å². The topological polar surface area (TPSA) is 76.2 Å². The Labute approximate surface area is 76.2 Å². The fraction of sp³-hybridized carbons (Fsp3) is 0.143. The third kappa shape index (κ3) is 1.61. The number of carboxylic acids is 1. The van der Waals surface area contributed by atoms with Gasteiger partial charge in [0.25, 0.3) is 6.43 Å². The van der Waals surface area contributed by atoms with Crippen LogP contribution >= 0.6 is 0 Å². The van der Waals surface area contributed by atoms with E-state index in [1.54, 1.807) is 0 Å². The summed E-state index contributed by atoms with van der Waals surface area (Å²) >= 11 is 0. The van der Waals surface area contributed by atoms with E-state index in [0.29, 0.717) is 6.20 Å². The summed E-state index contributed by atoms with van der Waals surface area (Å²) in [5.74, 6) is -3.10. The molecule has 0 saturated heterocycles. The van der Waals surface area contributed by atoms with Gasteiger partial charge in [0, 0.05) is 6.20 Å².